The molecule has 0 spiro atoms. The molecule has 24 heavy (non-hydrogen) atoms. The molecule has 1 aliphatic rings. The first-order valence-electron chi connectivity index (χ1n) is 8.11. The van der Waals surface area contributed by atoms with Crippen LogP contribution in [0.4, 0.5) is 5.82 Å². The van der Waals surface area contributed by atoms with E-state index in [1.54, 1.807) is 6.20 Å². The van der Waals surface area contributed by atoms with E-state index < -0.39 is 0 Å². The predicted molar refractivity (Wildman–Crippen MR) is 95.4 cm³/mol. The standard InChI is InChI=1S/C17H19ClN6/c1-23-9-2-3-14(11-23)20-15-17-19-8-10-24(17)16(22-21-15)12-4-6-13(18)7-5-12/h4-8,10,14H,2-3,9,11H2,1H3,(H,20,21)/t14-/m1/s1. The summed E-state index contributed by atoms with van der Waals surface area (Å²) in [6.07, 6.45) is 6.01. The number of fused-ring (bicyclic) bond motifs is 1. The molecule has 0 saturated carbocycles. The number of piperidine rings is 1. The van der Waals surface area contributed by atoms with Crippen molar-refractivity contribution in [2.75, 3.05) is 25.5 Å². The minimum atomic E-state index is 0.375. The Balaban J connectivity index is 1.68. The molecule has 4 rings (SSSR count). The Bertz CT molecular complexity index is 844. The average Bonchev–Trinajstić information content (AvgIpc) is 3.06. The predicted octanol–water partition coefficient (Wildman–Crippen LogP) is 2.95. The number of imidazole rings is 1. The van der Waals surface area contributed by atoms with E-state index in [0.717, 1.165) is 42.4 Å². The number of anilines is 1. The summed E-state index contributed by atoms with van der Waals surface area (Å²) in [6.45, 7) is 2.16. The van der Waals surface area contributed by atoms with Crippen LogP contribution >= 0.6 is 11.6 Å². The molecule has 1 aromatic carbocycles. The molecule has 0 radical (unpaired) electrons. The maximum absolute atomic E-state index is 5.97. The molecule has 0 bridgehead atoms. The summed E-state index contributed by atoms with van der Waals surface area (Å²) >= 11 is 5.97. The second-order valence-corrected chi connectivity index (χ2v) is 6.68. The zero-order chi connectivity index (χ0) is 16.5. The number of rotatable bonds is 3. The van der Waals surface area contributed by atoms with Crippen molar-refractivity contribution in [3.05, 3.63) is 41.7 Å². The highest BCUT2D eigenvalue weighted by Crippen LogP contribution is 2.23. The minimum Gasteiger partial charge on any atom is -0.361 e. The molecule has 7 heteroatoms. The van der Waals surface area contributed by atoms with Gasteiger partial charge in [0.25, 0.3) is 0 Å². The molecule has 3 aromatic rings. The summed E-state index contributed by atoms with van der Waals surface area (Å²) in [5, 5.41) is 13.0. The van der Waals surface area contributed by atoms with Gasteiger partial charge in [-0.05, 0) is 50.7 Å². The highest BCUT2D eigenvalue weighted by Gasteiger charge is 2.20. The second-order valence-electron chi connectivity index (χ2n) is 6.25. The van der Waals surface area contributed by atoms with Gasteiger partial charge in [0, 0.05) is 35.6 Å². The third-order valence-electron chi connectivity index (χ3n) is 4.39. The third kappa shape index (κ3) is 2.95. The Kier molecular flexibility index (Phi) is 4.08. The number of hydrogen-bond acceptors (Lipinski definition) is 5. The van der Waals surface area contributed by atoms with Gasteiger partial charge in [0.05, 0.1) is 0 Å². The third-order valence-corrected chi connectivity index (χ3v) is 4.65. The smallest absolute Gasteiger partial charge is 0.192 e. The zero-order valence-corrected chi connectivity index (χ0v) is 14.2. The molecule has 2 aromatic heterocycles. The fourth-order valence-corrected chi connectivity index (χ4v) is 3.33. The lowest BCUT2D eigenvalue weighted by Gasteiger charge is -2.30. The molecule has 0 aliphatic carbocycles. The van der Waals surface area contributed by atoms with E-state index in [1.165, 1.54) is 6.42 Å². The van der Waals surface area contributed by atoms with Crippen LogP contribution < -0.4 is 5.32 Å². The van der Waals surface area contributed by atoms with Crippen LogP contribution in [0.3, 0.4) is 0 Å². The Morgan fingerprint density at radius 2 is 2.04 bits per heavy atom. The zero-order valence-electron chi connectivity index (χ0n) is 13.5. The van der Waals surface area contributed by atoms with E-state index in [9.17, 15) is 0 Å². The van der Waals surface area contributed by atoms with Crippen LogP contribution in [0.2, 0.25) is 5.02 Å². The van der Waals surface area contributed by atoms with Crippen LogP contribution in [0.5, 0.6) is 0 Å². The van der Waals surface area contributed by atoms with Crippen molar-refractivity contribution in [1.82, 2.24) is 24.5 Å². The molecule has 1 aliphatic heterocycles. The molecule has 0 amide bonds. The Labute approximate surface area is 145 Å². The summed E-state index contributed by atoms with van der Waals surface area (Å²) < 4.78 is 1.96. The van der Waals surface area contributed by atoms with E-state index in [-0.39, 0.29) is 0 Å². The monoisotopic (exact) mass is 342 g/mol. The number of aromatic nitrogens is 4. The van der Waals surface area contributed by atoms with Gasteiger partial charge in [0.1, 0.15) is 0 Å². The number of nitrogens with one attached hydrogen (secondary N) is 1. The van der Waals surface area contributed by atoms with Gasteiger partial charge in [0.15, 0.2) is 17.3 Å². The van der Waals surface area contributed by atoms with E-state index >= 15 is 0 Å². The molecular formula is C17H19ClN6. The fraction of sp³-hybridized carbons (Fsp3) is 0.353. The Morgan fingerprint density at radius 3 is 2.83 bits per heavy atom. The second kappa shape index (κ2) is 6.37. The Morgan fingerprint density at radius 1 is 1.21 bits per heavy atom. The number of benzene rings is 1. The molecule has 124 valence electrons. The van der Waals surface area contributed by atoms with E-state index in [0.29, 0.717) is 11.1 Å². The maximum atomic E-state index is 5.97. The van der Waals surface area contributed by atoms with Crippen molar-refractivity contribution in [2.45, 2.75) is 18.9 Å². The van der Waals surface area contributed by atoms with E-state index in [2.05, 4.69) is 32.4 Å². The largest absolute Gasteiger partial charge is 0.361 e. The highest BCUT2D eigenvalue weighted by molar-refractivity contribution is 6.30. The van der Waals surface area contributed by atoms with Crippen molar-refractivity contribution >= 4 is 23.1 Å². The van der Waals surface area contributed by atoms with Gasteiger partial charge in [-0.15, -0.1) is 10.2 Å². The van der Waals surface area contributed by atoms with Crippen molar-refractivity contribution in [3.8, 4) is 11.4 Å². The van der Waals surface area contributed by atoms with Crippen LogP contribution in [0.1, 0.15) is 12.8 Å². The van der Waals surface area contributed by atoms with Gasteiger partial charge >= 0.3 is 0 Å². The topological polar surface area (TPSA) is 58.3 Å². The molecule has 1 saturated heterocycles. The number of halogens is 1. The van der Waals surface area contributed by atoms with Crippen molar-refractivity contribution < 1.29 is 0 Å². The number of nitrogens with zero attached hydrogens (tertiary/aromatic N) is 5. The van der Waals surface area contributed by atoms with Crippen LogP contribution in [0.25, 0.3) is 17.0 Å². The highest BCUT2D eigenvalue weighted by atomic mass is 35.5. The molecule has 1 fully saturated rings. The lowest BCUT2D eigenvalue weighted by atomic mass is 10.1. The van der Waals surface area contributed by atoms with Crippen molar-refractivity contribution in [2.24, 2.45) is 0 Å². The Hall–Kier alpha value is -2.18. The fourth-order valence-electron chi connectivity index (χ4n) is 3.21. The first-order chi connectivity index (χ1) is 11.7. The molecule has 6 nitrogen and oxygen atoms in total. The summed E-state index contributed by atoms with van der Waals surface area (Å²) in [6, 6.07) is 7.96. The maximum Gasteiger partial charge on any atom is 0.192 e. The molecule has 0 unspecified atom stereocenters. The van der Waals surface area contributed by atoms with Gasteiger partial charge in [-0.1, -0.05) is 11.6 Å². The van der Waals surface area contributed by atoms with Gasteiger partial charge in [-0.25, -0.2) is 4.98 Å². The summed E-state index contributed by atoms with van der Waals surface area (Å²) in [4.78, 5) is 6.80. The molecule has 1 atom stereocenters. The quantitative estimate of drug-likeness (QED) is 0.793. The number of likely N-dealkylation sites (N-methyl/N-ethyl adjacent to an activating group) is 1. The number of likely N-dealkylation sites (tertiary alicyclic amines) is 1. The van der Waals surface area contributed by atoms with Crippen LogP contribution in [-0.4, -0.2) is 50.7 Å². The van der Waals surface area contributed by atoms with Crippen molar-refractivity contribution in [1.29, 1.82) is 0 Å². The average molecular weight is 343 g/mol. The van der Waals surface area contributed by atoms with E-state index in [1.807, 2.05) is 34.9 Å². The summed E-state index contributed by atoms with van der Waals surface area (Å²) in [5.41, 5.74) is 1.75. The van der Waals surface area contributed by atoms with Gasteiger partial charge in [0.2, 0.25) is 0 Å². The SMILES string of the molecule is CN1CCC[C@@H](Nc2nnc(-c3ccc(Cl)cc3)n3ccnc23)C1. The number of hydrogen-bond donors (Lipinski definition) is 1. The van der Waals surface area contributed by atoms with Crippen molar-refractivity contribution in [3.63, 3.8) is 0 Å². The summed E-state index contributed by atoms with van der Waals surface area (Å²) in [5.74, 6) is 1.49. The molecule has 1 N–H and O–H groups in total. The molecular weight excluding hydrogens is 324 g/mol. The van der Waals surface area contributed by atoms with E-state index in [4.69, 9.17) is 11.6 Å². The normalized spacial score (nSPS) is 18.8. The van der Waals surface area contributed by atoms with Crippen LogP contribution in [0, 0.1) is 0 Å². The van der Waals surface area contributed by atoms with Crippen LogP contribution in [0.15, 0.2) is 36.7 Å². The van der Waals surface area contributed by atoms with Gasteiger partial charge in [-0.3, -0.25) is 4.40 Å². The van der Waals surface area contributed by atoms with Crippen LogP contribution in [-0.2, 0) is 0 Å². The first kappa shape index (κ1) is 15.4. The van der Waals surface area contributed by atoms with Gasteiger partial charge < -0.3 is 10.2 Å². The lowest BCUT2D eigenvalue weighted by Crippen LogP contribution is -2.40. The van der Waals surface area contributed by atoms with Gasteiger partial charge in [-0.2, -0.15) is 0 Å². The lowest BCUT2D eigenvalue weighted by molar-refractivity contribution is 0.260. The minimum absolute atomic E-state index is 0.375. The summed E-state index contributed by atoms with van der Waals surface area (Å²) in [7, 11) is 2.15. The first-order valence-corrected chi connectivity index (χ1v) is 8.49. The molecule has 3 heterocycles.